The maximum Gasteiger partial charge on any atom is 0.182 e. The van der Waals surface area contributed by atoms with Crippen molar-refractivity contribution in [1.82, 2.24) is 15.2 Å². The van der Waals surface area contributed by atoms with Gasteiger partial charge in [-0.25, -0.2) is 4.98 Å². The van der Waals surface area contributed by atoms with Gasteiger partial charge >= 0.3 is 0 Å². The molecule has 0 fully saturated rings. The van der Waals surface area contributed by atoms with Gasteiger partial charge in [-0.15, -0.1) is 0 Å². The van der Waals surface area contributed by atoms with Gasteiger partial charge in [-0.05, 0) is 47.5 Å². The van der Waals surface area contributed by atoms with Crippen LogP contribution in [0.15, 0.2) is 82.1 Å². The van der Waals surface area contributed by atoms with E-state index in [0.717, 1.165) is 45.5 Å². The maximum absolute atomic E-state index is 11.8. The van der Waals surface area contributed by atoms with Crippen LogP contribution in [0.1, 0.15) is 5.56 Å². The first-order chi connectivity index (χ1) is 16.7. The predicted octanol–water partition coefficient (Wildman–Crippen LogP) is 5.45. The summed E-state index contributed by atoms with van der Waals surface area (Å²) in [6.07, 6.45) is 2.67. The highest BCUT2D eigenvalue weighted by molar-refractivity contribution is 6.14. The zero-order valence-corrected chi connectivity index (χ0v) is 18.4. The van der Waals surface area contributed by atoms with Gasteiger partial charge in [0, 0.05) is 35.0 Å². The molecule has 0 spiro atoms. The van der Waals surface area contributed by atoms with Crippen LogP contribution in [0.5, 0.6) is 11.5 Å². The van der Waals surface area contributed by atoms with Gasteiger partial charge in [0.2, 0.25) is 0 Å². The Bertz CT molecular complexity index is 1680. The molecule has 0 atom stereocenters. The molecule has 0 amide bonds. The molecule has 7 heteroatoms. The molecule has 3 aromatic heterocycles. The van der Waals surface area contributed by atoms with Crippen molar-refractivity contribution in [3.63, 3.8) is 0 Å². The SMILES string of the molecule is COc1ccc(CCOc2ccc(-c3c4c[nH][nH]c4nc4c3oc3cc(=O)ccc34)cc2)cc1. The molecule has 6 aromatic rings. The van der Waals surface area contributed by atoms with Gasteiger partial charge in [-0.1, -0.05) is 24.3 Å². The summed E-state index contributed by atoms with van der Waals surface area (Å²) in [5.74, 6) is 1.64. The third kappa shape index (κ3) is 3.47. The molecule has 6 rings (SSSR count). The molecule has 3 aromatic carbocycles. The summed E-state index contributed by atoms with van der Waals surface area (Å²) in [5, 5.41) is 7.81. The Kier molecular flexibility index (Phi) is 4.80. The van der Waals surface area contributed by atoms with Crippen LogP contribution >= 0.6 is 0 Å². The van der Waals surface area contributed by atoms with Gasteiger partial charge in [-0.2, -0.15) is 0 Å². The molecule has 0 saturated carbocycles. The number of hydrogen-bond donors (Lipinski definition) is 2. The molecule has 34 heavy (non-hydrogen) atoms. The first-order valence-electron chi connectivity index (χ1n) is 11.0. The lowest BCUT2D eigenvalue weighted by Gasteiger charge is -2.09. The van der Waals surface area contributed by atoms with E-state index in [0.29, 0.717) is 23.3 Å². The van der Waals surface area contributed by atoms with Gasteiger partial charge in [0.05, 0.1) is 13.7 Å². The average molecular weight is 451 g/mol. The average Bonchev–Trinajstić information content (AvgIpc) is 3.47. The number of aromatic nitrogens is 3. The minimum absolute atomic E-state index is 0.0943. The van der Waals surface area contributed by atoms with Crippen LogP contribution in [0, 0.1) is 0 Å². The van der Waals surface area contributed by atoms with E-state index in [4.69, 9.17) is 18.9 Å². The number of fused-ring (bicyclic) bond motifs is 4. The Labute approximate surface area is 193 Å². The molecule has 0 radical (unpaired) electrons. The topological polar surface area (TPSA) is 93.1 Å². The van der Waals surface area contributed by atoms with Crippen LogP contribution in [-0.2, 0) is 6.42 Å². The fourth-order valence-corrected chi connectivity index (χ4v) is 4.25. The highest BCUT2D eigenvalue weighted by Gasteiger charge is 2.18. The third-order valence-electron chi connectivity index (χ3n) is 5.98. The van der Waals surface area contributed by atoms with Crippen molar-refractivity contribution in [2.45, 2.75) is 6.42 Å². The molecule has 0 aliphatic carbocycles. The molecule has 168 valence electrons. The second-order valence-corrected chi connectivity index (χ2v) is 8.07. The second kappa shape index (κ2) is 8.12. The fraction of sp³-hybridized carbons (Fsp3) is 0.111. The van der Waals surface area contributed by atoms with Gasteiger partial charge in [-0.3, -0.25) is 9.89 Å². The largest absolute Gasteiger partial charge is 0.497 e. The number of rotatable bonds is 6. The van der Waals surface area contributed by atoms with E-state index in [1.807, 2.05) is 54.7 Å². The quantitative estimate of drug-likeness (QED) is 0.351. The van der Waals surface area contributed by atoms with Gasteiger partial charge in [0.25, 0.3) is 0 Å². The van der Waals surface area contributed by atoms with E-state index in [1.165, 1.54) is 17.7 Å². The summed E-state index contributed by atoms with van der Waals surface area (Å²) >= 11 is 0. The monoisotopic (exact) mass is 451 g/mol. The highest BCUT2D eigenvalue weighted by atomic mass is 16.5. The number of furan rings is 1. The molecule has 0 aliphatic heterocycles. The molecule has 0 bridgehead atoms. The molecule has 7 nitrogen and oxygen atoms in total. The summed E-state index contributed by atoms with van der Waals surface area (Å²) in [7, 11) is 1.66. The van der Waals surface area contributed by atoms with Crippen molar-refractivity contribution in [2.75, 3.05) is 13.7 Å². The van der Waals surface area contributed by atoms with Crippen molar-refractivity contribution < 1.29 is 13.9 Å². The van der Waals surface area contributed by atoms with Crippen LogP contribution in [0.3, 0.4) is 0 Å². The second-order valence-electron chi connectivity index (χ2n) is 8.07. The minimum atomic E-state index is -0.0943. The summed E-state index contributed by atoms with van der Waals surface area (Å²) in [6, 6.07) is 20.7. The lowest BCUT2D eigenvalue weighted by Crippen LogP contribution is -2.01. The Morgan fingerprint density at radius 3 is 2.53 bits per heavy atom. The number of methoxy groups -OCH3 is 1. The summed E-state index contributed by atoms with van der Waals surface area (Å²) in [6.45, 7) is 0.573. The van der Waals surface area contributed by atoms with Crippen molar-refractivity contribution >= 4 is 33.1 Å². The van der Waals surface area contributed by atoms with Gasteiger partial charge in [0.1, 0.15) is 22.6 Å². The number of aromatic amines is 2. The van der Waals surface area contributed by atoms with Crippen LogP contribution in [0.4, 0.5) is 0 Å². The smallest absolute Gasteiger partial charge is 0.182 e. The fourth-order valence-electron chi connectivity index (χ4n) is 4.25. The Balaban J connectivity index is 1.31. The number of H-pyrrole nitrogens is 2. The Morgan fingerprint density at radius 1 is 0.941 bits per heavy atom. The van der Waals surface area contributed by atoms with Crippen LogP contribution in [-0.4, -0.2) is 28.9 Å². The zero-order chi connectivity index (χ0) is 23.1. The first kappa shape index (κ1) is 20.1. The molecule has 0 unspecified atom stereocenters. The third-order valence-corrected chi connectivity index (χ3v) is 5.98. The van der Waals surface area contributed by atoms with E-state index in [1.54, 1.807) is 13.2 Å². The van der Waals surface area contributed by atoms with Crippen molar-refractivity contribution in [3.05, 3.63) is 88.7 Å². The van der Waals surface area contributed by atoms with Crippen molar-refractivity contribution in [1.29, 1.82) is 0 Å². The van der Waals surface area contributed by atoms with E-state index >= 15 is 0 Å². The molecule has 0 aliphatic rings. The van der Waals surface area contributed by atoms with Crippen LogP contribution in [0.2, 0.25) is 0 Å². The van der Waals surface area contributed by atoms with Crippen molar-refractivity contribution in [3.8, 4) is 22.6 Å². The standard InChI is InChI=1S/C27H21N3O4/c1-32-19-7-2-16(3-8-19)12-13-33-20-9-4-17(5-10-20)24-22-15-28-30-27(22)29-25-21-11-6-18(31)14-23(21)34-26(24)25/h2-11,14-15H,12-13H2,1H3,(H2,28,29,30). The number of ether oxygens (including phenoxy) is 2. The van der Waals surface area contributed by atoms with Crippen LogP contribution in [0.25, 0.3) is 44.2 Å². The summed E-state index contributed by atoms with van der Waals surface area (Å²) < 4.78 is 17.3. The number of nitrogens with one attached hydrogen (secondary N) is 2. The van der Waals surface area contributed by atoms with Gasteiger partial charge < -0.3 is 19.0 Å². The Hall–Kier alpha value is -4.52. The minimum Gasteiger partial charge on any atom is -0.497 e. The molecular formula is C27H21N3O4. The molecule has 3 heterocycles. The Morgan fingerprint density at radius 2 is 1.74 bits per heavy atom. The maximum atomic E-state index is 11.8. The highest BCUT2D eigenvalue weighted by Crippen LogP contribution is 2.38. The molecule has 0 saturated heterocycles. The summed E-state index contributed by atoms with van der Waals surface area (Å²) in [5.41, 5.74) is 5.59. The molecular weight excluding hydrogens is 430 g/mol. The van der Waals surface area contributed by atoms with Gasteiger partial charge in [0.15, 0.2) is 16.7 Å². The number of pyridine rings is 1. The normalized spacial score (nSPS) is 11.4. The zero-order valence-electron chi connectivity index (χ0n) is 18.4. The predicted molar refractivity (Wildman–Crippen MR) is 132 cm³/mol. The van der Waals surface area contributed by atoms with E-state index in [9.17, 15) is 4.79 Å². The molecule has 2 N–H and O–H groups in total. The van der Waals surface area contributed by atoms with Crippen molar-refractivity contribution in [2.24, 2.45) is 0 Å². The number of hydrogen-bond acceptors (Lipinski definition) is 5. The number of nitrogens with zero attached hydrogens (tertiary/aromatic N) is 1. The lowest BCUT2D eigenvalue weighted by molar-refractivity contribution is 0.322. The van der Waals surface area contributed by atoms with Crippen LogP contribution < -0.4 is 14.9 Å². The van der Waals surface area contributed by atoms with E-state index < -0.39 is 0 Å². The van der Waals surface area contributed by atoms with E-state index in [-0.39, 0.29) is 5.43 Å². The summed E-state index contributed by atoms with van der Waals surface area (Å²) in [4.78, 5) is 16.6. The first-order valence-corrected chi connectivity index (χ1v) is 11.0. The van der Waals surface area contributed by atoms with E-state index in [2.05, 4.69) is 10.2 Å². The lowest BCUT2D eigenvalue weighted by atomic mass is 10.0. The number of benzene rings is 3.